The van der Waals surface area contributed by atoms with Gasteiger partial charge in [-0.2, -0.15) is 8.78 Å². The maximum absolute atomic E-state index is 12.6. The van der Waals surface area contributed by atoms with Gasteiger partial charge in [-0.1, -0.05) is 24.6 Å². The van der Waals surface area contributed by atoms with Crippen LogP contribution in [0.25, 0.3) is 0 Å². The molecule has 3 rings (SSSR count). The van der Waals surface area contributed by atoms with Crippen LogP contribution < -0.4 is 0 Å². The van der Waals surface area contributed by atoms with Crippen LogP contribution in [-0.2, 0) is 4.79 Å². The minimum Gasteiger partial charge on any atom is -0.342 e. The highest BCUT2D eigenvalue weighted by Gasteiger charge is 2.25. The molecule has 0 aliphatic carbocycles. The fourth-order valence-corrected chi connectivity index (χ4v) is 4.18. The number of thioether (sulfide) groups is 1. The summed E-state index contributed by atoms with van der Waals surface area (Å²) in [5, 5.41) is 0. The summed E-state index contributed by atoms with van der Waals surface area (Å²) in [4.78, 5) is 31.4. The lowest BCUT2D eigenvalue weighted by atomic mass is 10.2. The van der Waals surface area contributed by atoms with Gasteiger partial charge in [-0.15, -0.1) is 0 Å². The quantitative estimate of drug-likeness (QED) is 0.698. The van der Waals surface area contributed by atoms with E-state index in [-0.39, 0.29) is 11.8 Å². The highest BCUT2D eigenvalue weighted by Crippen LogP contribution is 2.25. The molecule has 2 aliphatic heterocycles. The molecule has 1 aromatic carbocycles. The number of benzene rings is 1. The molecule has 0 N–H and O–H groups in total. The molecule has 5 nitrogen and oxygen atoms in total. The van der Waals surface area contributed by atoms with E-state index in [0.29, 0.717) is 54.9 Å². The Morgan fingerprint density at radius 2 is 1.46 bits per heavy atom. The number of nitrogens with zero attached hydrogens (tertiary/aromatic N) is 3. The van der Waals surface area contributed by atoms with Gasteiger partial charge in [0, 0.05) is 49.7 Å². The van der Waals surface area contributed by atoms with Gasteiger partial charge in [-0.05, 0) is 37.1 Å². The fourth-order valence-electron chi connectivity index (χ4n) is 3.68. The lowest BCUT2D eigenvalue weighted by molar-refractivity contribution is -0.132. The van der Waals surface area contributed by atoms with Gasteiger partial charge in [-0.3, -0.25) is 14.5 Å². The van der Waals surface area contributed by atoms with Gasteiger partial charge >= 0.3 is 0 Å². The Kier molecular flexibility index (Phi) is 7.67. The van der Waals surface area contributed by atoms with Gasteiger partial charge in [0.05, 0.1) is 6.54 Å². The van der Waals surface area contributed by atoms with Crippen LogP contribution >= 0.6 is 11.8 Å². The highest BCUT2D eigenvalue weighted by molar-refractivity contribution is 7.99. The zero-order valence-electron chi connectivity index (χ0n) is 16.0. The first-order chi connectivity index (χ1) is 13.5. The summed E-state index contributed by atoms with van der Waals surface area (Å²) >= 11 is 0.473. The lowest BCUT2D eigenvalue weighted by Crippen LogP contribution is -2.51. The van der Waals surface area contributed by atoms with Crippen molar-refractivity contribution in [2.75, 3.05) is 45.8 Å². The summed E-state index contributed by atoms with van der Waals surface area (Å²) in [5.74, 6) is -2.37. The number of hydrogen-bond donors (Lipinski definition) is 0. The third-order valence-corrected chi connectivity index (χ3v) is 6.03. The van der Waals surface area contributed by atoms with Crippen molar-refractivity contribution in [2.24, 2.45) is 0 Å². The predicted octanol–water partition coefficient (Wildman–Crippen LogP) is 3.16. The maximum atomic E-state index is 12.6. The summed E-state index contributed by atoms with van der Waals surface area (Å²) in [7, 11) is 0. The third kappa shape index (κ3) is 5.91. The van der Waals surface area contributed by atoms with E-state index in [0.717, 1.165) is 25.9 Å². The average Bonchev–Trinajstić information content (AvgIpc) is 2.98. The molecule has 8 heteroatoms. The molecule has 2 fully saturated rings. The van der Waals surface area contributed by atoms with Crippen LogP contribution in [0.2, 0.25) is 0 Å². The molecule has 1 aromatic rings. The summed E-state index contributed by atoms with van der Waals surface area (Å²) in [6.07, 6.45) is 4.57. The first kappa shape index (κ1) is 21.0. The Bertz CT molecular complexity index is 656. The Labute approximate surface area is 169 Å². The monoisotopic (exact) mass is 411 g/mol. The molecule has 28 heavy (non-hydrogen) atoms. The van der Waals surface area contributed by atoms with Crippen LogP contribution in [0.1, 0.15) is 36.0 Å². The van der Waals surface area contributed by atoms with Crippen molar-refractivity contribution in [1.29, 1.82) is 0 Å². The zero-order valence-corrected chi connectivity index (χ0v) is 16.8. The number of piperazine rings is 1. The number of halogens is 2. The molecule has 2 amide bonds. The average molecular weight is 412 g/mol. The van der Waals surface area contributed by atoms with E-state index < -0.39 is 5.76 Å². The second kappa shape index (κ2) is 10.2. The molecule has 0 spiro atoms. The van der Waals surface area contributed by atoms with Crippen molar-refractivity contribution in [3.8, 4) is 0 Å². The normalized spacial score (nSPS) is 19.0. The Hall–Kier alpha value is -1.67. The van der Waals surface area contributed by atoms with E-state index in [1.165, 1.54) is 12.8 Å². The van der Waals surface area contributed by atoms with Crippen molar-refractivity contribution in [3.63, 3.8) is 0 Å². The number of alkyl halides is 2. The Morgan fingerprint density at radius 1 is 0.857 bits per heavy atom. The van der Waals surface area contributed by atoms with E-state index in [9.17, 15) is 18.4 Å². The topological polar surface area (TPSA) is 43.9 Å². The molecule has 2 heterocycles. The number of amides is 2. The minimum absolute atomic E-state index is 0.0907. The molecule has 0 unspecified atom stereocenters. The first-order valence-electron chi connectivity index (χ1n) is 9.87. The SMILES string of the molecule is O=C(CN1CCN(C(=O)c2ccc(SC(F)F)cc2)CC1)N1CCCCCC1. The number of carbonyl (C=O) groups is 2. The van der Waals surface area contributed by atoms with E-state index in [1.54, 1.807) is 29.2 Å². The molecule has 0 aromatic heterocycles. The van der Waals surface area contributed by atoms with Crippen molar-refractivity contribution < 1.29 is 18.4 Å². The molecular weight excluding hydrogens is 384 g/mol. The second-order valence-corrected chi connectivity index (χ2v) is 8.33. The molecular formula is C20H27F2N3O2S. The number of likely N-dealkylation sites (tertiary alicyclic amines) is 1. The van der Waals surface area contributed by atoms with Gasteiger partial charge in [0.1, 0.15) is 0 Å². The smallest absolute Gasteiger partial charge is 0.288 e. The number of carbonyl (C=O) groups excluding carboxylic acids is 2. The van der Waals surface area contributed by atoms with E-state index in [1.807, 2.05) is 4.90 Å². The largest absolute Gasteiger partial charge is 0.342 e. The minimum atomic E-state index is -2.47. The van der Waals surface area contributed by atoms with Crippen LogP contribution in [0.5, 0.6) is 0 Å². The number of rotatable bonds is 5. The van der Waals surface area contributed by atoms with Crippen molar-refractivity contribution >= 4 is 23.6 Å². The molecule has 0 bridgehead atoms. The van der Waals surface area contributed by atoms with Gasteiger partial charge in [0.15, 0.2) is 0 Å². The van der Waals surface area contributed by atoms with E-state index in [4.69, 9.17) is 0 Å². The standard InChI is InChI=1S/C20H27F2N3O2S/c21-20(22)28-17-7-5-16(6-8-17)19(27)25-13-11-23(12-14-25)15-18(26)24-9-3-1-2-4-10-24/h5-8,20H,1-4,9-15H2. The van der Waals surface area contributed by atoms with Crippen LogP contribution in [0, 0.1) is 0 Å². The summed E-state index contributed by atoms with van der Waals surface area (Å²) in [6, 6.07) is 6.31. The second-order valence-electron chi connectivity index (χ2n) is 7.27. The maximum Gasteiger partial charge on any atom is 0.288 e. The molecule has 0 radical (unpaired) electrons. The molecule has 0 saturated carbocycles. The molecule has 2 aliphatic rings. The van der Waals surface area contributed by atoms with Gasteiger partial charge in [-0.25, -0.2) is 0 Å². The highest BCUT2D eigenvalue weighted by atomic mass is 32.2. The van der Waals surface area contributed by atoms with Crippen LogP contribution in [0.4, 0.5) is 8.78 Å². The third-order valence-electron chi connectivity index (χ3n) is 5.30. The van der Waals surface area contributed by atoms with Crippen LogP contribution in [0.15, 0.2) is 29.2 Å². The van der Waals surface area contributed by atoms with Crippen LogP contribution in [0.3, 0.4) is 0 Å². The van der Waals surface area contributed by atoms with E-state index in [2.05, 4.69) is 4.90 Å². The summed E-state index contributed by atoms with van der Waals surface area (Å²) in [5.41, 5.74) is 0.507. The zero-order chi connectivity index (χ0) is 19.9. The fraction of sp³-hybridized carbons (Fsp3) is 0.600. The Balaban J connectivity index is 1.46. The lowest BCUT2D eigenvalue weighted by Gasteiger charge is -2.35. The predicted molar refractivity (Wildman–Crippen MR) is 106 cm³/mol. The van der Waals surface area contributed by atoms with Crippen molar-refractivity contribution in [2.45, 2.75) is 36.3 Å². The molecule has 2 saturated heterocycles. The molecule has 0 atom stereocenters. The van der Waals surface area contributed by atoms with E-state index >= 15 is 0 Å². The van der Waals surface area contributed by atoms with Crippen LogP contribution in [-0.4, -0.2) is 78.1 Å². The Morgan fingerprint density at radius 3 is 2.04 bits per heavy atom. The summed E-state index contributed by atoms with van der Waals surface area (Å²) in [6.45, 7) is 4.62. The van der Waals surface area contributed by atoms with Crippen molar-refractivity contribution in [3.05, 3.63) is 29.8 Å². The van der Waals surface area contributed by atoms with Gasteiger partial charge in [0.25, 0.3) is 11.7 Å². The van der Waals surface area contributed by atoms with Gasteiger partial charge < -0.3 is 9.80 Å². The molecule has 154 valence electrons. The van der Waals surface area contributed by atoms with Crippen molar-refractivity contribution in [1.82, 2.24) is 14.7 Å². The first-order valence-corrected chi connectivity index (χ1v) is 10.7. The summed E-state index contributed by atoms with van der Waals surface area (Å²) < 4.78 is 24.8. The van der Waals surface area contributed by atoms with Gasteiger partial charge in [0.2, 0.25) is 5.91 Å². The number of hydrogen-bond acceptors (Lipinski definition) is 4.